The zero-order valence-corrected chi connectivity index (χ0v) is 12.3. The fraction of sp³-hybridized carbons (Fsp3) is 0.312. The summed E-state index contributed by atoms with van der Waals surface area (Å²) in [4.78, 5) is 23.2. The van der Waals surface area contributed by atoms with Crippen molar-refractivity contribution in [2.45, 2.75) is 20.8 Å². The van der Waals surface area contributed by atoms with Gasteiger partial charge in [0.25, 0.3) is 0 Å². The molecule has 0 amide bonds. The number of aromatic amines is 1. The van der Waals surface area contributed by atoms with Crippen molar-refractivity contribution < 1.29 is 14.3 Å². The third-order valence-corrected chi connectivity index (χ3v) is 3.14. The van der Waals surface area contributed by atoms with Crippen LogP contribution in [0, 0.1) is 12.8 Å². The van der Waals surface area contributed by atoms with E-state index in [0.29, 0.717) is 0 Å². The number of nitrogens with zero attached hydrogens (tertiary/aromatic N) is 1. The van der Waals surface area contributed by atoms with Crippen LogP contribution in [-0.2, 0) is 9.53 Å². The van der Waals surface area contributed by atoms with Crippen molar-refractivity contribution in [3.05, 3.63) is 41.6 Å². The number of benzene rings is 1. The number of aryl methyl sites for hydroxylation is 1. The van der Waals surface area contributed by atoms with Crippen molar-refractivity contribution in [2.24, 2.45) is 5.92 Å². The smallest absolute Gasteiger partial charge is 0.359 e. The summed E-state index contributed by atoms with van der Waals surface area (Å²) in [6, 6.07) is 9.47. The predicted molar refractivity (Wildman–Crippen MR) is 78.9 cm³/mol. The lowest BCUT2D eigenvalue weighted by atomic mass is 10.1. The number of carbonyl (C=O) groups excluding carboxylic acids is 2. The predicted octanol–water partition coefficient (Wildman–Crippen LogP) is 2.77. The van der Waals surface area contributed by atoms with Crippen LogP contribution in [0.25, 0.3) is 11.3 Å². The quantitative estimate of drug-likeness (QED) is 0.858. The fourth-order valence-electron chi connectivity index (χ4n) is 1.68. The van der Waals surface area contributed by atoms with Crippen LogP contribution in [0.5, 0.6) is 0 Å². The molecule has 2 aromatic rings. The van der Waals surface area contributed by atoms with E-state index in [1.54, 1.807) is 19.9 Å². The Balaban J connectivity index is 2.04. The minimum Gasteiger partial charge on any atom is -0.453 e. The second-order valence-corrected chi connectivity index (χ2v) is 5.23. The molecule has 0 atom stereocenters. The molecule has 2 rings (SSSR count). The first-order valence-corrected chi connectivity index (χ1v) is 6.79. The van der Waals surface area contributed by atoms with E-state index < -0.39 is 5.97 Å². The van der Waals surface area contributed by atoms with Crippen molar-refractivity contribution in [2.75, 3.05) is 6.61 Å². The van der Waals surface area contributed by atoms with Gasteiger partial charge in [-0.1, -0.05) is 43.7 Å². The topological polar surface area (TPSA) is 72.1 Å². The second-order valence-electron chi connectivity index (χ2n) is 5.23. The first kappa shape index (κ1) is 15.0. The van der Waals surface area contributed by atoms with Crippen LogP contribution >= 0.6 is 0 Å². The monoisotopic (exact) mass is 286 g/mol. The molecule has 0 unspecified atom stereocenters. The Morgan fingerprint density at radius 3 is 2.52 bits per heavy atom. The third kappa shape index (κ3) is 3.78. The average molecular weight is 286 g/mol. The van der Waals surface area contributed by atoms with Crippen LogP contribution in [0.2, 0.25) is 0 Å². The van der Waals surface area contributed by atoms with E-state index in [1.165, 1.54) is 0 Å². The number of carbonyl (C=O) groups is 2. The van der Waals surface area contributed by atoms with Gasteiger partial charge in [-0.15, -0.1) is 0 Å². The van der Waals surface area contributed by atoms with Crippen LogP contribution in [0.3, 0.4) is 0 Å². The van der Waals surface area contributed by atoms with Gasteiger partial charge in [-0.3, -0.25) is 9.89 Å². The van der Waals surface area contributed by atoms with E-state index >= 15 is 0 Å². The van der Waals surface area contributed by atoms with Gasteiger partial charge in [0.15, 0.2) is 18.1 Å². The summed E-state index contributed by atoms with van der Waals surface area (Å²) >= 11 is 0. The summed E-state index contributed by atoms with van der Waals surface area (Å²) in [7, 11) is 0. The number of rotatable bonds is 5. The van der Waals surface area contributed by atoms with Gasteiger partial charge in [-0.05, 0) is 18.6 Å². The number of hydrogen-bond acceptors (Lipinski definition) is 4. The first-order valence-electron chi connectivity index (χ1n) is 6.79. The van der Waals surface area contributed by atoms with Crippen molar-refractivity contribution in [3.63, 3.8) is 0 Å². The number of ether oxygens (including phenoxy) is 1. The van der Waals surface area contributed by atoms with E-state index in [1.807, 2.05) is 31.2 Å². The molecule has 1 heterocycles. The van der Waals surface area contributed by atoms with Crippen LogP contribution in [0.1, 0.15) is 29.9 Å². The highest BCUT2D eigenvalue weighted by atomic mass is 16.5. The highest BCUT2D eigenvalue weighted by Gasteiger charge is 2.15. The Labute approximate surface area is 123 Å². The molecule has 0 saturated heterocycles. The molecule has 1 aromatic carbocycles. The molecule has 0 radical (unpaired) electrons. The molecular formula is C16H18N2O3. The lowest BCUT2D eigenvalue weighted by Gasteiger charge is -2.04. The van der Waals surface area contributed by atoms with Crippen LogP contribution in [0.15, 0.2) is 30.3 Å². The van der Waals surface area contributed by atoms with E-state index in [2.05, 4.69) is 10.2 Å². The maximum atomic E-state index is 11.8. The molecule has 0 saturated carbocycles. The Kier molecular flexibility index (Phi) is 4.52. The van der Waals surface area contributed by atoms with Gasteiger partial charge in [0.1, 0.15) is 0 Å². The zero-order valence-electron chi connectivity index (χ0n) is 12.3. The lowest BCUT2D eigenvalue weighted by molar-refractivity contribution is -0.125. The normalized spacial score (nSPS) is 10.7. The second kappa shape index (κ2) is 6.35. The number of hydrogen-bond donors (Lipinski definition) is 1. The summed E-state index contributed by atoms with van der Waals surface area (Å²) in [5.41, 5.74) is 3.00. The van der Waals surface area contributed by atoms with Gasteiger partial charge in [0, 0.05) is 5.92 Å². The highest BCUT2D eigenvalue weighted by molar-refractivity contribution is 5.91. The molecule has 5 nitrogen and oxygen atoms in total. The van der Waals surface area contributed by atoms with Crippen LogP contribution in [0.4, 0.5) is 0 Å². The number of esters is 1. The maximum Gasteiger partial charge on any atom is 0.359 e. The molecule has 5 heteroatoms. The number of aromatic nitrogens is 2. The van der Waals surface area contributed by atoms with E-state index in [0.717, 1.165) is 16.8 Å². The third-order valence-electron chi connectivity index (χ3n) is 3.14. The zero-order chi connectivity index (χ0) is 15.4. The van der Waals surface area contributed by atoms with Crippen molar-refractivity contribution >= 4 is 11.8 Å². The highest BCUT2D eigenvalue weighted by Crippen LogP contribution is 2.18. The Hall–Kier alpha value is -2.43. The molecule has 21 heavy (non-hydrogen) atoms. The maximum absolute atomic E-state index is 11.8. The molecule has 110 valence electrons. The summed E-state index contributed by atoms with van der Waals surface area (Å²) in [6.45, 7) is 5.31. The SMILES string of the molecule is Cc1ccc(-c2cc(C(=O)OCC(=O)C(C)C)n[nH]2)cc1. The molecule has 0 aliphatic rings. The lowest BCUT2D eigenvalue weighted by Crippen LogP contribution is -2.18. The van der Waals surface area contributed by atoms with Crippen molar-refractivity contribution in [1.29, 1.82) is 0 Å². The molecule has 1 N–H and O–H groups in total. The summed E-state index contributed by atoms with van der Waals surface area (Å²) in [5, 5.41) is 6.72. The molecule has 0 fully saturated rings. The molecule has 0 aliphatic heterocycles. The van der Waals surface area contributed by atoms with Crippen LogP contribution < -0.4 is 0 Å². The summed E-state index contributed by atoms with van der Waals surface area (Å²) in [6.07, 6.45) is 0. The largest absolute Gasteiger partial charge is 0.453 e. The number of ketones is 1. The van der Waals surface area contributed by atoms with Gasteiger partial charge in [0.2, 0.25) is 0 Å². The summed E-state index contributed by atoms with van der Waals surface area (Å²) in [5.74, 6) is -0.864. The molecule has 0 bridgehead atoms. The van der Waals surface area contributed by atoms with Gasteiger partial charge < -0.3 is 4.74 Å². The van der Waals surface area contributed by atoms with Crippen molar-refractivity contribution in [1.82, 2.24) is 10.2 Å². The molecule has 1 aromatic heterocycles. The Morgan fingerprint density at radius 1 is 1.24 bits per heavy atom. The number of Topliss-reactive ketones (excluding diaryl/α,β-unsaturated/α-hetero) is 1. The fourth-order valence-corrected chi connectivity index (χ4v) is 1.68. The van der Waals surface area contributed by atoms with E-state index in [9.17, 15) is 9.59 Å². The molecule has 0 spiro atoms. The van der Waals surface area contributed by atoms with Gasteiger partial charge in [-0.25, -0.2) is 4.79 Å². The van der Waals surface area contributed by atoms with Crippen molar-refractivity contribution in [3.8, 4) is 11.3 Å². The number of H-pyrrole nitrogens is 1. The van der Waals surface area contributed by atoms with Gasteiger partial charge in [0.05, 0.1) is 5.69 Å². The minimum atomic E-state index is -0.599. The average Bonchev–Trinajstić information content (AvgIpc) is 2.94. The number of nitrogens with one attached hydrogen (secondary N) is 1. The van der Waals surface area contributed by atoms with Crippen LogP contribution in [-0.4, -0.2) is 28.6 Å². The Bertz CT molecular complexity index is 642. The molecule has 0 aliphatic carbocycles. The van der Waals surface area contributed by atoms with Gasteiger partial charge in [-0.2, -0.15) is 5.10 Å². The minimum absolute atomic E-state index is 0.113. The molecular weight excluding hydrogens is 268 g/mol. The van der Waals surface area contributed by atoms with Gasteiger partial charge >= 0.3 is 5.97 Å². The van der Waals surface area contributed by atoms with E-state index in [4.69, 9.17) is 4.74 Å². The Morgan fingerprint density at radius 2 is 1.90 bits per heavy atom. The standard InChI is InChI=1S/C16H18N2O3/c1-10(2)15(19)9-21-16(20)14-8-13(17-18-14)12-6-4-11(3)5-7-12/h4-8,10H,9H2,1-3H3,(H,17,18). The first-order chi connectivity index (χ1) is 9.97. The summed E-state index contributed by atoms with van der Waals surface area (Å²) < 4.78 is 4.95. The van der Waals surface area contributed by atoms with E-state index in [-0.39, 0.29) is 24.0 Å².